The van der Waals surface area contributed by atoms with Crippen LogP contribution in [0.25, 0.3) is 0 Å². The number of aromatic nitrogens is 2. The number of hydrogen-bond donors (Lipinski definition) is 1. The highest BCUT2D eigenvalue weighted by molar-refractivity contribution is 7.90. The highest BCUT2D eigenvalue weighted by Gasteiger charge is 2.46. The summed E-state index contributed by atoms with van der Waals surface area (Å²) in [6.07, 6.45) is 5.84. The van der Waals surface area contributed by atoms with Crippen LogP contribution >= 0.6 is 0 Å². The molecular formula is C25H31FN4O6S. The molecule has 1 amide bonds. The summed E-state index contributed by atoms with van der Waals surface area (Å²) in [5.41, 5.74) is 0.292. The van der Waals surface area contributed by atoms with Gasteiger partial charge in [0.2, 0.25) is 5.88 Å². The Bertz CT molecular complexity index is 1290. The number of anilines is 2. The highest BCUT2D eigenvalue weighted by atomic mass is 32.2. The van der Waals surface area contributed by atoms with Crippen molar-refractivity contribution in [3.63, 3.8) is 0 Å². The molecule has 0 spiro atoms. The van der Waals surface area contributed by atoms with Crippen LogP contribution in [0.1, 0.15) is 44.6 Å². The summed E-state index contributed by atoms with van der Waals surface area (Å²) < 4.78 is 55.8. The Balaban J connectivity index is 1.27. The summed E-state index contributed by atoms with van der Waals surface area (Å²) in [5.74, 6) is -0.0202. The molecule has 1 aromatic carbocycles. The molecule has 2 saturated heterocycles. The maximum Gasteiger partial charge on any atom is 0.410 e. The van der Waals surface area contributed by atoms with Gasteiger partial charge in [-0.25, -0.2) is 27.6 Å². The molecule has 1 aromatic heterocycles. The fourth-order valence-corrected chi connectivity index (χ4v) is 5.72. The summed E-state index contributed by atoms with van der Waals surface area (Å²) in [7, 11) is -3.52. The quantitative estimate of drug-likeness (QED) is 0.591. The second-order valence-electron chi connectivity index (χ2n) is 10.3. The number of halogens is 1. The van der Waals surface area contributed by atoms with Crippen molar-refractivity contribution < 1.29 is 31.8 Å². The minimum Gasteiger partial charge on any atom is -0.474 e. The third-order valence-corrected chi connectivity index (χ3v) is 8.48. The molecule has 2 aliphatic heterocycles. The Morgan fingerprint density at radius 1 is 1.22 bits per heavy atom. The second kappa shape index (κ2) is 9.71. The van der Waals surface area contributed by atoms with E-state index in [-0.39, 0.29) is 40.5 Å². The lowest BCUT2D eigenvalue weighted by molar-refractivity contribution is -0.114. The number of morpholine rings is 1. The van der Waals surface area contributed by atoms with E-state index in [1.54, 1.807) is 6.92 Å². The van der Waals surface area contributed by atoms with Crippen LogP contribution in [-0.2, 0) is 19.3 Å². The lowest BCUT2D eigenvalue weighted by Gasteiger charge is -2.49. The van der Waals surface area contributed by atoms with Gasteiger partial charge in [-0.05, 0) is 51.3 Å². The molecule has 1 N–H and O–H groups in total. The largest absolute Gasteiger partial charge is 0.474 e. The molecule has 2 unspecified atom stereocenters. The van der Waals surface area contributed by atoms with Crippen LogP contribution in [-0.4, -0.2) is 72.6 Å². The van der Waals surface area contributed by atoms with E-state index in [9.17, 15) is 17.6 Å². The normalized spacial score (nSPS) is 24.6. The first kappa shape index (κ1) is 25.7. The van der Waals surface area contributed by atoms with Gasteiger partial charge in [0.1, 0.15) is 29.7 Å². The first-order valence-electron chi connectivity index (χ1n) is 12.4. The molecule has 2 bridgehead atoms. The van der Waals surface area contributed by atoms with Crippen LogP contribution in [0.15, 0.2) is 29.4 Å². The van der Waals surface area contributed by atoms with E-state index in [4.69, 9.17) is 14.2 Å². The average molecular weight is 535 g/mol. The standard InChI is InChI=1S/C25H31FN4O6S/c1-15-22(29-21-6-5-19(11-20(21)26)37(3,32)33)27-14-28-23(15)35-18-9-16-12-34-13-17(10-18)30(16)24(31)36-25(2)7-4-8-25/h5-6,11,14,16-18H,4,7-10,12-13H2,1-3H3,(H,27,28,29). The van der Waals surface area contributed by atoms with Crippen LogP contribution in [0.2, 0.25) is 0 Å². The van der Waals surface area contributed by atoms with Crippen molar-refractivity contribution in [3.8, 4) is 5.88 Å². The molecule has 2 atom stereocenters. The predicted molar refractivity (Wildman–Crippen MR) is 132 cm³/mol. The minimum absolute atomic E-state index is 0.0822. The summed E-state index contributed by atoms with van der Waals surface area (Å²) in [6, 6.07) is 3.34. The number of nitrogens with one attached hydrogen (secondary N) is 1. The number of fused-ring (bicyclic) bond motifs is 2. The maximum absolute atomic E-state index is 14.6. The Hall–Kier alpha value is -2.99. The molecule has 1 saturated carbocycles. The number of benzene rings is 1. The SMILES string of the molecule is Cc1c(Nc2ccc(S(C)(=O)=O)cc2F)ncnc1OC1CC2COCC(C1)N2C(=O)OC1(C)CCC1. The number of ether oxygens (including phenoxy) is 3. The van der Waals surface area contributed by atoms with Gasteiger partial charge in [0.25, 0.3) is 0 Å². The monoisotopic (exact) mass is 534 g/mol. The van der Waals surface area contributed by atoms with Gasteiger partial charge in [-0.15, -0.1) is 0 Å². The Morgan fingerprint density at radius 2 is 1.92 bits per heavy atom. The van der Waals surface area contributed by atoms with Gasteiger partial charge in [0, 0.05) is 19.1 Å². The summed E-state index contributed by atoms with van der Waals surface area (Å²) in [6.45, 7) is 4.57. The van der Waals surface area contributed by atoms with E-state index in [1.807, 2.05) is 11.8 Å². The molecule has 2 aromatic rings. The van der Waals surface area contributed by atoms with Crippen molar-refractivity contribution in [2.75, 3.05) is 24.8 Å². The summed E-state index contributed by atoms with van der Waals surface area (Å²) >= 11 is 0. The van der Waals surface area contributed by atoms with Gasteiger partial charge in [0.15, 0.2) is 9.84 Å². The van der Waals surface area contributed by atoms with E-state index in [0.29, 0.717) is 43.3 Å². The first-order valence-corrected chi connectivity index (χ1v) is 14.3. The predicted octanol–water partition coefficient (Wildman–Crippen LogP) is 3.76. The van der Waals surface area contributed by atoms with Crippen LogP contribution in [0.5, 0.6) is 5.88 Å². The zero-order valence-electron chi connectivity index (χ0n) is 21.1. The van der Waals surface area contributed by atoms with Crippen molar-refractivity contribution in [1.29, 1.82) is 0 Å². The second-order valence-corrected chi connectivity index (χ2v) is 12.3. The lowest BCUT2D eigenvalue weighted by Crippen LogP contribution is -2.62. The Morgan fingerprint density at radius 3 is 2.51 bits per heavy atom. The Labute approximate surface area is 215 Å². The van der Waals surface area contributed by atoms with Gasteiger partial charge in [-0.1, -0.05) is 0 Å². The molecule has 37 heavy (non-hydrogen) atoms. The van der Waals surface area contributed by atoms with Gasteiger partial charge in [-0.3, -0.25) is 4.90 Å². The van der Waals surface area contributed by atoms with Crippen LogP contribution < -0.4 is 10.1 Å². The van der Waals surface area contributed by atoms with Crippen molar-refractivity contribution in [2.45, 2.75) is 74.6 Å². The third-order valence-electron chi connectivity index (χ3n) is 7.37. The maximum atomic E-state index is 14.6. The Kier molecular flexibility index (Phi) is 6.73. The number of carbonyl (C=O) groups excluding carboxylic acids is 1. The van der Waals surface area contributed by atoms with Crippen molar-refractivity contribution in [1.82, 2.24) is 14.9 Å². The number of nitrogens with zero attached hydrogens (tertiary/aromatic N) is 3. The van der Waals surface area contributed by atoms with Gasteiger partial charge >= 0.3 is 6.09 Å². The number of rotatable bonds is 6. The summed E-state index contributed by atoms with van der Waals surface area (Å²) in [5, 5.41) is 2.90. The molecular weight excluding hydrogens is 503 g/mol. The number of piperidine rings is 1. The number of amides is 1. The van der Waals surface area contributed by atoms with Crippen molar-refractivity contribution in [3.05, 3.63) is 35.9 Å². The smallest absolute Gasteiger partial charge is 0.410 e. The first-order chi connectivity index (χ1) is 17.5. The van der Waals surface area contributed by atoms with E-state index >= 15 is 0 Å². The molecule has 3 heterocycles. The molecule has 0 radical (unpaired) electrons. The molecule has 200 valence electrons. The topological polar surface area (TPSA) is 120 Å². The van der Waals surface area contributed by atoms with E-state index in [1.165, 1.54) is 18.5 Å². The zero-order valence-corrected chi connectivity index (χ0v) is 21.9. The lowest BCUT2D eigenvalue weighted by atomic mass is 9.82. The van der Waals surface area contributed by atoms with E-state index in [2.05, 4.69) is 15.3 Å². The number of sulfone groups is 1. The molecule has 10 nitrogen and oxygen atoms in total. The van der Waals surface area contributed by atoms with Crippen LogP contribution in [0.4, 0.5) is 20.7 Å². The third kappa shape index (κ3) is 5.35. The van der Waals surface area contributed by atoms with Crippen molar-refractivity contribution >= 4 is 27.4 Å². The minimum atomic E-state index is -3.52. The fourth-order valence-electron chi connectivity index (χ4n) is 5.09. The van der Waals surface area contributed by atoms with E-state index < -0.39 is 15.7 Å². The average Bonchev–Trinajstić information content (AvgIpc) is 2.80. The molecule has 5 rings (SSSR count). The summed E-state index contributed by atoms with van der Waals surface area (Å²) in [4.78, 5) is 23.2. The van der Waals surface area contributed by atoms with Gasteiger partial charge < -0.3 is 19.5 Å². The fraction of sp³-hybridized carbons (Fsp3) is 0.560. The molecule has 3 fully saturated rings. The van der Waals surface area contributed by atoms with Gasteiger partial charge in [0.05, 0.1) is 41.4 Å². The zero-order chi connectivity index (χ0) is 26.4. The highest BCUT2D eigenvalue weighted by Crippen LogP contribution is 2.38. The van der Waals surface area contributed by atoms with Crippen LogP contribution in [0.3, 0.4) is 0 Å². The molecule has 1 aliphatic carbocycles. The van der Waals surface area contributed by atoms with Crippen molar-refractivity contribution in [2.24, 2.45) is 0 Å². The van der Waals surface area contributed by atoms with Gasteiger partial charge in [-0.2, -0.15) is 0 Å². The number of carbonyl (C=O) groups is 1. The molecule has 12 heteroatoms. The molecule has 3 aliphatic rings. The van der Waals surface area contributed by atoms with E-state index in [0.717, 1.165) is 31.6 Å². The number of hydrogen-bond acceptors (Lipinski definition) is 9. The van der Waals surface area contributed by atoms with Crippen LogP contribution in [0, 0.1) is 12.7 Å².